The molecule has 96 valence electrons. The molecule has 0 bridgehead atoms. The molecule has 0 saturated heterocycles. The van der Waals surface area contributed by atoms with E-state index in [1.165, 1.54) is 0 Å². The average Bonchev–Trinajstić information content (AvgIpc) is 2.86. The molecule has 0 aliphatic heterocycles. The van der Waals surface area contributed by atoms with Crippen LogP contribution in [0.1, 0.15) is 18.4 Å². The molecule has 0 saturated carbocycles. The number of rotatable bonds is 5. The lowest BCUT2D eigenvalue weighted by molar-refractivity contribution is 0.415. The number of hydrogen-bond acceptors (Lipinski definition) is 3. The SMILES string of the molecule is CCc1ccc(CNc2cc(OC)ccc2Br)o1. The van der Waals surface area contributed by atoms with Crippen molar-refractivity contribution in [3.8, 4) is 5.75 Å². The van der Waals surface area contributed by atoms with Crippen LogP contribution in [0.4, 0.5) is 5.69 Å². The summed E-state index contributed by atoms with van der Waals surface area (Å²) in [5, 5.41) is 3.32. The van der Waals surface area contributed by atoms with Crippen molar-refractivity contribution < 1.29 is 9.15 Å². The molecule has 0 unspecified atom stereocenters. The fourth-order valence-electron chi connectivity index (χ4n) is 1.66. The first kappa shape index (κ1) is 13.0. The predicted octanol–water partition coefficient (Wildman–Crippen LogP) is 4.23. The summed E-state index contributed by atoms with van der Waals surface area (Å²) in [6.07, 6.45) is 0.919. The van der Waals surface area contributed by atoms with Crippen molar-refractivity contribution in [3.05, 3.63) is 46.3 Å². The number of anilines is 1. The van der Waals surface area contributed by atoms with Gasteiger partial charge in [0.1, 0.15) is 17.3 Å². The van der Waals surface area contributed by atoms with Crippen LogP contribution >= 0.6 is 15.9 Å². The molecular weight excluding hydrogens is 294 g/mol. The van der Waals surface area contributed by atoms with Gasteiger partial charge in [0.2, 0.25) is 0 Å². The third-order valence-electron chi connectivity index (χ3n) is 2.69. The van der Waals surface area contributed by atoms with E-state index >= 15 is 0 Å². The molecule has 18 heavy (non-hydrogen) atoms. The lowest BCUT2D eigenvalue weighted by Gasteiger charge is -2.09. The fraction of sp³-hybridized carbons (Fsp3) is 0.286. The third-order valence-corrected chi connectivity index (χ3v) is 3.38. The minimum atomic E-state index is 0.658. The first-order valence-electron chi connectivity index (χ1n) is 5.88. The largest absolute Gasteiger partial charge is 0.497 e. The molecule has 0 atom stereocenters. The van der Waals surface area contributed by atoms with Gasteiger partial charge in [0.15, 0.2) is 0 Å². The summed E-state index contributed by atoms with van der Waals surface area (Å²) in [5.74, 6) is 2.77. The van der Waals surface area contributed by atoms with Gasteiger partial charge in [0.25, 0.3) is 0 Å². The van der Waals surface area contributed by atoms with Gasteiger partial charge in [-0.15, -0.1) is 0 Å². The van der Waals surface area contributed by atoms with Crippen LogP contribution in [-0.2, 0) is 13.0 Å². The third kappa shape index (κ3) is 3.07. The number of halogens is 1. The summed E-state index contributed by atoms with van der Waals surface area (Å²) in [5.41, 5.74) is 0.990. The summed E-state index contributed by atoms with van der Waals surface area (Å²) < 4.78 is 11.8. The van der Waals surface area contributed by atoms with Crippen LogP contribution in [0.2, 0.25) is 0 Å². The molecule has 1 heterocycles. The maximum Gasteiger partial charge on any atom is 0.123 e. The van der Waals surface area contributed by atoms with Crippen LogP contribution in [0.3, 0.4) is 0 Å². The van der Waals surface area contributed by atoms with E-state index in [1.807, 2.05) is 30.3 Å². The Labute approximate surface area is 115 Å². The lowest BCUT2D eigenvalue weighted by atomic mass is 10.3. The molecule has 1 N–H and O–H groups in total. The normalized spacial score (nSPS) is 10.4. The summed E-state index contributed by atoms with van der Waals surface area (Å²) >= 11 is 3.50. The van der Waals surface area contributed by atoms with Crippen LogP contribution in [0.5, 0.6) is 5.75 Å². The van der Waals surface area contributed by atoms with Gasteiger partial charge in [0, 0.05) is 17.0 Å². The minimum Gasteiger partial charge on any atom is -0.497 e. The molecular formula is C14H16BrNO2. The maximum absolute atomic E-state index is 5.64. The summed E-state index contributed by atoms with van der Waals surface area (Å²) in [4.78, 5) is 0. The average molecular weight is 310 g/mol. The van der Waals surface area contributed by atoms with E-state index in [2.05, 4.69) is 28.2 Å². The number of ether oxygens (including phenoxy) is 1. The van der Waals surface area contributed by atoms with Gasteiger partial charge in [-0.1, -0.05) is 6.92 Å². The Morgan fingerprint density at radius 3 is 2.67 bits per heavy atom. The molecule has 4 heteroatoms. The Balaban J connectivity index is 2.05. The van der Waals surface area contributed by atoms with E-state index in [4.69, 9.17) is 9.15 Å². The van der Waals surface area contributed by atoms with E-state index < -0.39 is 0 Å². The zero-order chi connectivity index (χ0) is 13.0. The van der Waals surface area contributed by atoms with Crippen molar-refractivity contribution in [3.63, 3.8) is 0 Å². The van der Waals surface area contributed by atoms with Crippen LogP contribution in [0, 0.1) is 0 Å². The lowest BCUT2D eigenvalue weighted by Crippen LogP contribution is -1.99. The molecule has 0 fully saturated rings. The predicted molar refractivity (Wildman–Crippen MR) is 76.1 cm³/mol. The maximum atomic E-state index is 5.64. The molecule has 3 nitrogen and oxygen atoms in total. The van der Waals surface area contributed by atoms with E-state index in [-0.39, 0.29) is 0 Å². The van der Waals surface area contributed by atoms with Crippen molar-refractivity contribution in [2.45, 2.75) is 19.9 Å². The summed E-state index contributed by atoms with van der Waals surface area (Å²) in [7, 11) is 1.66. The smallest absolute Gasteiger partial charge is 0.123 e. The van der Waals surface area contributed by atoms with Gasteiger partial charge in [-0.2, -0.15) is 0 Å². The first-order chi connectivity index (χ1) is 8.72. The van der Waals surface area contributed by atoms with Crippen LogP contribution in [0.15, 0.2) is 39.2 Å². The zero-order valence-electron chi connectivity index (χ0n) is 10.5. The van der Waals surface area contributed by atoms with Crippen LogP contribution in [0.25, 0.3) is 0 Å². The molecule has 2 rings (SSSR count). The number of hydrogen-bond donors (Lipinski definition) is 1. The van der Waals surface area contributed by atoms with Crippen LogP contribution in [-0.4, -0.2) is 7.11 Å². The highest BCUT2D eigenvalue weighted by molar-refractivity contribution is 9.10. The van der Waals surface area contributed by atoms with Crippen molar-refractivity contribution in [1.29, 1.82) is 0 Å². The number of benzene rings is 1. The highest BCUT2D eigenvalue weighted by Gasteiger charge is 2.04. The number of aryl methyl sites for hydroxylation is 1. The molecule has 0 amide bonds. The van der Waals surface area contributed by atoms with Gasteiger partial charge in [-0.3, -0.25) is 0 Å². The molecule has 1 aromatic heterocycles. The molecule has 0 spiro atoms. The van der Waals surface area contributed by atoms with Crippen molar-refractivity contribution in [1.82, 2.24) is 0 Å². The van der Waals surface area contributed by atoms with Gasteiger partial charge in [-0.05, 0) is 40.2 Å². The Morgan fingerprint density at radius 1 is 1.22 bits per heavy atom. The number of furan rings is 1. The zero-order valence-corrected chi connectivity index (χ0v) is 12.1. The molecule has 0 aliphatic rings. The van der Waals surface area contributed by atoms with Crippen molar-refractivity contribution >= 4 is 21.6 Å². The Hall–Kier alpha value is -1.42. The van der Waals surface area contributed by atoms with Crippen molar-refractivity contribution in [2.75, 3.05) is 12.4 Å². The Kier molecular flexibility index (Phi) is 4.31. The molecule has 0 radical (unpaired) electrons. The van der Waals surface area contributed by atoms with E-state index in [1.54, 1.807) is 7.11 Å². The fourth-order valence-corrected chi connectivity index (χ4v) is 2.04. The second-order valence-electron chi connectivity index (χ2n) is 3.92. The quantitative estimate of drug-likeness (QED) is 0.897. The van der Waals surface area contributed by atoms with E-state index in [0.29, 0.717) is 6.54 Å². The first-order valence-corrected chi connectivity index (χ1v) is 6.67. The van der Waals surface area contributed by atoms with Gasteiger partial charge >= 0.3 is 0 Å². The van der Waals surface area contributed by atoms with Gasteiger partial charge in [0.05, 0.1) is 19.3 Å². The van der Waals surface area contributed by atoms with E-state index in [0.717, 1.165) is 33.9 Å². The van der Waals surface area contributed by atoms with Crippen LogP contribution < -0.4 is 10.1 Å². The molecule has 2 aromatic rings. The highest BCUT2D eigenvalue weighted by atomic mass is 79.9. The molecule has 0 aliphatic carbocycles. The number of nitrogens with one attached hydrogen (secondary N) is 1. The minimum absolute atomic E-state index is 0.658. The Bertz CT molecular complexity index is 522. The second kappa shape index (κ2) is 5.96. The topological polar surface area (TPSA) is 34.4 Å². The highest BCUT2D eigenvalue weighted by Crippen LogP contribution is 2.27. The van der Waals surface area contributed by atoms with Gasteiger partial charge in [-0.25, -0.2) is 0 Å². The van der Waals surface area contributed by atoms with Gasteiger partial charge < -0.3 is 14.5 Å². The summed E-state index contributed by atoms with van der Waals surface area (Å²) in [6, 6.07) is 9.84. The molecule has 1 aromatic carbocycles. The second-order valence-corrected chi connectivity index (χ2v) is 4.78. The Morgan fingerprint density at radius 2 is 2.00 bits per heavy atom. The summed E-state index contributed by atoms with van der Waals surface area (Å²) in [6.45, 7) is 2.74. The number of methoxy groups -OCH3 is 1. The standard InChI is InChI=1S/C14H16BrNO2/c1-3-10-4-5-12(18-10)9-16-14-8-11(17-2)6-7-13(14)15/h4-8,16H,3,9H2,1-2H3. The monoisotopic (exact) mass is 309 g/mol. The van der Waals surface area contributed by atoms with Crippen molar-refractivity contribution in [2.24, 2.45) is 0 Å². The van der Waals surface area contributed by atoms with E-state index in [9.17, 15) is 0 Å².